The fourth-order valence-corrected chi connectivity index (χ4v) is 2.12. The number of aryl methyl sites for hydroxylation is 1. The van der Waals surface area contributed by atoms with Gasteiger partial charge in [-0.15, -0.1) is 0 Å². The molecule has 15 heavy (non-hydrogen) atoms. The van der Waals surface area contributed by atoms with E-state index in [1.807, 2.05) is 30.2 Å². The van der Waals surface area contributed by atoms with Crippen molar-refractivity contribution in [1.29, 1.82) is 0 Å². The Hall–Kier alpha value is -0.700. The number of hydrogen-bond donors (Lipinski definition) is 0. The number of carbonyl (C=O) groups is 1. The molecule has 0 aromatic carbocycles. The number of carbonyl (C=O) groups excluding carboxylic acids is 1. The van der Waals surface area contributed by atoms with Gasteiger partial charge in [0.05, 0.1) is 0 Å². The van der Waals surface area contributed by atoms with Crippen molar-refractivity contribution < 1.29 is 4.79 Å². The van der Waals surface area contributed by atoms with E-state index >= 15 is 0 Å². The van der Waals surface area contributed by atoms with Gasteiger partial charge in [0.1, 0.15) is 0 Å². The summed E-state index contributed by atoms with van der Waals surface area (Å²) in [5.41, 5.74) is 0.904. The van der Waals surface area contributed by atoms with Gasteiger partial charge >= 0.3 is 0 Å². The predicted octanol–water partition coefficient (Wildman–Crippen LogP) is 2.83. The second kappa shape index (κ2) is 4.88. The summed E-state index contributed by atoms with van der Waals surface area (Å²) in [5.74, 6) is 1.87. The zero-order valence-corrected chi connectivity index (χ0v) is 9.93. The first-order chi connectivity index (χ1) is 7.31. The summed E-state index contributed by atoms with van der Waals surface area (Å²) >= 11 is 1.87. The van der Waals surface area contributed by atoms with Gasteiger partial charge in [0.15, 0.2) is 5.78 Å². The molecule has 0 aliphatic heterocycles. The van der Waals surface area contributed by atoms with Crippen LogP contribution in [0.3, 0.4) is 0 Å². The fraction of sp³-hybridized carbons (Fsp3) is 0.583. The lowest BCUT2D eigenvalue weighted by Crippen LogP contribution is -2.00. The second-order valence-electron chi connectivity index (χ2n) is 4.12. The van der Waals surface area contributed by atoms with E-state index in [0.29, 0.717) is 11.7 Å². The third kappa shape index (κ3) is 2.88. The van der Waals surface area contributed by atoms with E-state index in [9.17, 15) is 4.79 Å². The van der Waals surface area contributed by atoms with E-state index < -0.39 is 0 Å². The smallest absolute Gasteiger partial charge is 0.167 e. The molecule has 1 fully saturated rings. The van der Waals surface area contributed by atoms with Crippen LogP contribution in [-0.2, 0) is 6.54 Å². The van der Waals surface area contributed by atoms with Gasteiger partial charge in [-0.2, -0.15) is 11.8 Å². The van der Waals surface area contributed by atoms with E-state index in [4.69, 9.17) is 0 Å². The molecule has 1 aliphatic carbocycles. The minimum atomic E-state index is 0.340. The summed E-state index contributed by atoms with van der Waals surface area (Å²) in [4.78, 5) is 11.7. The summed E-state index contributed by atoms with van der Waals surface area (Å²) in [5, 5.41) is 0. The number of hydrogen-bond acceptors (Lipinski definition) is 2. The summed E-state index contributed by atoms with van der Waals surface area (Å²) in [6, 6.07) is 1.96. The Morgan fingerprint density at radius 1 is 1.60 bits per heavy atom. The molecule has 0 N–H and O–H groups in total. The topological polar surface area (TPSA) is 22.0 Å². The predicted molar refractivity (Wildman–Crippen MR) is 64.5 cm³/mol. The minimum absolute atomic E-state index is 0.340. The third-order valence-corrected chi connectivity index (χ3v) is 3.44. The van der Waals surface area contributed by atoms with Crippen LogP contribution in [0.5, 0.6) is 0 Å². The van der Waals surface area contributed by atoms with Crippen molar-refractivity contribution >= 4 is 17.5 Å². The van der Waals surface area contributed by atoms with Crippen LogP contribution < -0.4 is 0 Å². The van der Waals surface area contributed by atoms with Crippen molar-refractivity contribution in [2.45, 2.75) is 25.8 Å². The van der Waals surface area contributed by atoms with E-state index in [2.05, 4.69) is 10.8 Å². The molecule has 1 aromatic rings. The Kier molecular flexibility index (Phi) is 3.52. The van der Waals surface area contributed by atoms with Crippen LogP contribution in [0.15, 0.2) is 18.5 Å². The van der Waals surface area contributed by atoms with E-state index in [-0.39, 0.29) is 0 Å². The molecule has 1 aliphatic rings. The summed E-state index contributed by atoms with van der Waals surface area (Å²) in [6.07, 6.45) is 9.51. The Morgan fingerprint density at radius 2 is 2.40 bits per heavy atom. The van der Waals surface area contributed by atoms with E-state index in [1.165, 1.54) is 12.2 Å². The molecule has 0 radical (unpaired) electrons. The number of ketones is 1. The molecule has 82 valence electrons. The van der Waals surface area contributed by atoms with Gasteiger partial charge in [-0.05, 0) is 37.3 Å². The molecular weight excluding hydrogens is 206 g/mol. The molecule has 0 spiro atoms. The van der Waals surface area contributed by atoms with Gasteiger partial charge in [0.2, 0.25) is 0 Å². The molecular formula is C12H17NOS. The molecule has 3 heteroatoms. The highest BCUT2D eigenvalue weighted by Crippen LogP contribution is 2.32. The van der Waals surface area contributed by atoms with Gasteiger partial charge in [0.25, 0.3) is 0 Å². The summed E-state index contributed by atoms with van der Waals surface area (Å²) in [6.45, 7) is 1.03. The summed E-state index contributed by atoms with van der Waals surface area (Å²) < 4.78 is 2.13. The Morgan fingerprint density at radius 3 is 3.07 bits per heavy atom. The van der Waals surface area contributed by atoms with Crippen LogP contribution in [0.4, 0.5) is 0 Å². The molecule has 1 aromatic heterocycles. The average Bonchev–Trinajstić information content (AvgIpc) is 2.98. The van der Waals surface area contributed by atoms with Crippen molar-refractivity contribution in [2.75, 3.05) is 12.0 Å². The SMILES string of the molecule is CSCCCn1ccc(C(=O)C2CC2)c1. The van der Waals surface area contributed by atoms with Crippen LogP contribution in [0.25, 0.3) is 0 Å². The number of thioether (sulfide) groups is 1. The van der Waals surface area contributed by atoms with Gasteiger partial charge in [-0.3, -0.25) is 4.79 Å². The number of nitrogens with zero attached hydrogens (tertiary/aromatic N) is 1. The molecule has 2 nitrogen and oxygen atoms in total. The highest BCUT2D eigenvalue weighted by atomic mass is 32.2. The molecule has 0 unspecified atom stereocenters. The second-order valence-corrected chi connectivity index (χ2v) is 5.11. The molecule has 1 saturated carbocycles. The van der Waals surface area contributed by atoms with Crippen LogP contribution in [0, 0.1) is 5.92 Å². The quantitative estimate of drug-likeness (QED) is 0.546. The lowest BCUT2D eigenvalue weighted by atomic mass is 10.1. The fourth-order valence-electron chi connectivity index (χ4n) is 1.70. The molecule has 1 heterocycles. The first kappa shape index (κ1) is 10.8. The van der Waals surface area contributed by atoms with Gasteiger partial charge in [-0.1, -0.05) is 0 Å². The highest BCUT2D eigenvalue weighted by Gasteiger charge is 2.30. The Balaban J connectivity index is 1.88. The van der Waals surface area contributed by atoms with Crippen molar-refractivity contribution in [3.63, 3.8) is 0 Å². The van der Waals surface area contributed by atoms with Crippen molar-refractivity contribution in [2.24, 2.45) is 5.92 Å². The van der Waals surface area contributed by atoms with E-state index in [0.717, 1.165) is 24.9 Å². The third-order valence-electron chi connectivity index (χ3n) is 2.75. The van der Waals surface area contributed by atoms with Gasteiger partial charge in [0, 0.05) is 30.4 Å². The zero-order chi connectivity index (χ0) is 10.7. The van der Waals surface area contributed by atoms with Crippen molar-refractivity contribution in [3.05, 3.63) is 24.0 Å². The van der Waals surface area contributed by atoms with Gasteiger partial charge < -0.3 is 4.57 Å². The standard InChI is InChI=1S/C12H17NOS/c1-15-8-2-6-13-7-5-11(9-13)12(14)10-3-4-10/h5,7,9-10H,2-4,6,8H2,1H3. The zero-order valence-electron chi connectivity index (χ0n) is 9.11. The van der Waals surface area contributed by atoms with Crippen LogP contribution in [0.2, 0.25) is 0 Å². The Bertz CT molecular complexity index is 341. The first-order valence-electron chi connectivity index (χ1n) is 5.50. The number of rotatable bonds is 6. The van der Waals surface area contributed by atoms with Gasteiger partial charge in [-0.25, -0.2) is 0 Å². The van der Waals surface area contributed by atoms with Crippen molar-refractivity contribution in [3.8, 4) is 0 Å². The molecule has 0 amide bonds. The maximum atomic E-state index is 11.7. The van der Waals surface area contributed by atoms with Crippen LogP contribution in [-0.4, -0.2) is 22.4 Å². The van der Waals surface area contributed by atoms with Crippen molar-refractivity contribution in [1.82, 2.24) is 4.57 Å². The van der Waals surface area contributed by atoms with E-state index in [1.54, 1.807) is 0 Å². The van der Waals surface area contributed by atoms with Crippen LogP contribution >= 0.6 is 11.8 Å². The summed E-state index contributed by atoms with van der Waals surface area (Å²) in [7, 11) is 0. The van der Waals surface area contributed by atoms with Crippen LogP contribution in [0.1, 0.15) is 29.6 Å². The normalized spacial score (nSPS) is 15.5. The maximum absolute atomic E-state index is 11.7. The Labute approximate surface area is 95.0 Å². The molecule has 0 bridgehead atoms. The maximum Gasteiger partial charge on any atom is 0.167 e. The number of Topliss-reactive ketones (excluding diaryl/α,β-unsaturated/α-hetero) is 1. The largest absolute Gasteiger partial charge is 0.353 e. The number of aromatic nitrogens is 1. The highest BCUT2D eigenvalue weighted by molar-refractivity contribution is 7.98. The molecule has 0 saturated heterocycles. The minimum Gasteiger partial charge on any atom is -0.353 e. The molecule has 2 rings (SSSR count). The lowest BCUT2D eigenvalue weighted by molar-refractivity contribution is 0.0967. The first-order valence-corrected chi connectivity index (χ1v) is 6.89. The lowest BCUT2D eigenvalue weighted by Gasteiger charge is -2.00. The molecule has 0 atom stereocenters. The monoisotopic (exact) mass is 223 g/mol. The average molecular weight is 223 g/mol.